The second-order valence-corrected chi connectivity index (χ2v) is 3.43. The summed E-state index contributed by atoms with van der Waals surface area (Å²) in [5, 5.41) is 6.18. The van der Waals surface area contributed by atoms with E-state index in [4.69, 9.17) is 4.74 Å². The van der Waals surface area contributed by atoms with Crippen molar-refractivity contribution in [1.82, 2.24) is 10.6 Å². The Morgan fingerprint density at radius 2 is 2.12 bits per heavy atom. The predicted molar refractivity (Wildman–Crippen MR) is 66.4 cm³/mol. The standard InChI is InChI=1S/C12H19N3O/c1-13-12(14-2)15-8-10-5-4-6-11(7-10)9-16-3/h4-7H,8-9H2,1-3H3,(H2,13,14,15). The number of rotatable bonds is 4. The third-order valence-electron chi connectivity index (χ3n) is 2.22. The molecule has 1 aromatic carbocycles. The molecule has 16 heavy (non-hydrogen) atoms. The number of nitrogens with one attached hydrogen (secondary N) is 2. The van der Waals surface area contributed by atoms with E-state index in [9.17, 15) is 0 Å². The van der Waals surface area contributed by atoms with Crippen molar-refractivity contribution in [2.45, 2.75) is 13.2 Å². The smallest absolute Gasteiger partial charge is 0.190 e. The van der Waals surface area contributed by atoms with Crippen LogP contribution in [0.3, 0.4) is 0 Å². The number of nitrogens with zero attached hydrogens (tertiary/aromatic N) is 1. The van der Waals surface area contributed by atoms with E-state index >= 15 is 0 Å². The van der Waals surface area contributed by atoms with Crippen molar-refractivity contribution in [3.63, 3.8) is 0 Å². The summed E-state index contributed by atoms with van der Waals surface area (Å²) in [6, 6.07) is 8.29. The first-order chi connectivity index (χ1) is 7.80. The van der Waals surface area contributed by atoms with Crippen LogP contribution in [0.1, 0.15) is 11.1 Å². The fourth-order valence-electron chi connectivity index (χ4n) is 1.46. The first kappa shape index (κ1) is 12.5. The van der Waals surface area contributed by atoms with Crippen LogP contribution in [-0.4, -0.2) is 27.2 Å². The number of hydrogen-bond donors (Lipinski definition) is 2. The van der Waals surface area contributed by atoms with Crippen LogP contribution in [-0.2, 0) is 17.9 Å². The monoisotopic (exact) mass is 221 g/mol. The summed E-state index contributed by atoms with van der Waals surface area (Å²) in [6.45, 7) is 1.40. The highest BCUT2D eigenvalue weighted by atomic mass is 16.5. The van der Waals surface area contributed by atoms with Gasteiger partial charge in [0, 0.05) is 27.7 Å². The van der Waals surface area contributed by atoms with E-state index in [1.54, 1.807) is 14.2 Å². The van der Waals surface area contributed by atoms with Gasteiger partial charge in [-0.3, -0.25) is 4.99 Å². The Labute approximate surface area is 96.7 Å². The molecule has 0 spiro atoms. The summed E-state index contributed by atoms with van der Waals surface area (Å²) >= 11 is 0. The van der Waals surface area contributed by atoms with Crippen LogP contribution in [0.4, 0.5) is 0 Å². The van der Waals surface area contributed by atoms with Crippen molar-refractivity contribution in [3.8, 4) is 0 Å². The normalized spacial score (nSPS) is 11.3. The first-order valence-corrected chi connectivity index (χ1v) is 5.25. The van der Waals surface area contributed by atoms with Crippen molar-refractivity contribution in [1.29, 1.82) is 0 Å². The summed E-state index contributed by atoms with van der Waals surface area (Å²) in [4.78, 5) is 4.05. The zero-order valence-corrected chi connectivity index (χ0v) is 10.1. The van der Waals surface area contributed by atoms with Gasteiger partial charge in [-0.15, -0.1) is 0 Å². The highest BCUT2D eigenvalue weighted by Gasteiger charge is 1.97. The van der Waals surface area contributed by atoms with Crippen molar-refractivity contribution in [3.05, 3.63) is 35.4 Å². The molecule has 1 rings (SSSR count). The van der Waals surface area contributed by atoms with Gasteiger partial charge >= 0.3 is 0 Å². The van der Waals surface area contributed by atoms with Crippen LogP contribution in [0, 0.1) is 0 Å². The molecule has 88 valence electrons. The van der Waals surface area contributed by atoms with Gasteiger partial charge in [0.25, 0.3) is 0 Å². The van der Waals surface area contributed by atoms with Crippen molar-refractivity contribution < 1.29 is 4.74 Å². The molecule has 0 saturated carbocycles. The molecule has 0 unspecified atom stereocenters. The van der Waals surface area contributed by atoms with Crippen LogP contribution in [0.15, 0.2) is 29.3 Å². The summed E-state index contributed by atoms with van der Waals surface area (Å²) < 4.78 is 5.09. The van der Waals surface area contributed by atoms with E-state index in [1.165, 1.54) is 11.1 Å². The van der Waals surface area contributed by atoms with Gasteiger partial charge in [-0.1, -0.05) is 24.3 Å². The maximum absolute atomic E-state index is 5.09. The average molecular weight is 221 g/mol. The van der Waals surface area contributed by atoms with Gasteiger partial charge in [-0.25, -0.2) is 0 Å². The van der Waals surface area contributed by atoms with E-state index in [1.807, 2.05) is 13.1 Å². The molecule has 0 amide bonds. The van der Waals surface area contributed by atoms with Gasteiger partial charge in [-0.05, 0) is 11.1 Å². The van der Waals surface area contributed by atoms with Gasteiger partial charge in [0.2, 0.25) is 0 Å². The molecule has 0 heterocycles. The highest BCUT2D eigenvalue weighted by Crippen LogP contribution is 2.05. The summed E-state index contributed by atoms with van der Waals surface area (Å²) in [7, 11) is 5.30. The lowest BCUT2D eigenvalue weighted by atomic mass is 10.1. The van der Waals surface area contributed by atoms with Crippen molar-refractivity contribution in [2.24, 2.45) is 4.99 Å². The van der Waals surface area contributed by atoms with E-state index in [0.29, 0.717) is 6.61 Å². The van der Waals surface area contributed by atoms with E-state index in [-0.39, 0.29) is 0 Å². The Morgan fingerprint density at radius 1 is 1.38 bits per heavy atom. The molecule has 0 bridgehead atoms. The molecule has 0 aliphatic rings. The van der Waals surface area contributed by atoms with Crippen LogP contribution >= 0.6 is 0 Å². The number of hydrogen-bond acceptors (Lipinski definition) is 2. The van der Waals surface area contributed by atoms with Gasteiger partial charge in [0.05, 0.1) is 6.61 Å². The molecule has 0 aliphatic heterocycles. The quantitative estimate of drug-likeness (QED) is 0.592. The van der Waals surface area contributed by atoms with Crippen LogP contribution in [0.2, 0.25) is 0 Å². The minimum Gasteiger partial charge on any atom is -0.380 e. The number of ether oxygens (including phenoxy) is 1. The predicted octanol–water partition coefficient (Wildman–Crippen LogP) is 1.13. The second-order valence-electron chi connectivity index (χ2n) is 3.43. The average Bonchev–Trinajstić information content (AvgIpc) is 2.31. The van der Waals surface area contributed by atoms with E-state index in [2.05, 4.69) is 33.8 Å². The third-order valence-corrected chi connectivity index (χ3v) is 2.22. The molecule has 0 aliphatic carbocycles. The lowest BCUT2D eigenvalue weighted by Crippen LogP contribution is -2.34. The largest absolute Gasteiger partial charge is 0.380 e. The lowest BCUT2D eigenvalue weighted by Gasteiger charge is -2.09. The molecule has 0 fully saturated rings. The fourth-order valence-corrected chi connectivity index (χ4v) is 1.46. The molecular formula is C12H19N3O. The molecular weight excluding hydrogens is 202 g/mol. The second kappa shape index (κ2) is 6.85. The SMILES string of the molecule is CN=C(NC)NCc1cccc(COC)c1. The van der Waals surface area contributed by atoms with Crippen LogP contribution < -0.4 is 10.6 Å². The maximum atomic E-state index is 5.09. The van der Waals surface area contributed by atoms with Crippen molar-refractivity contribution in [2.75, 3.05) is 21.2 Å². The zero-order chi connectivity index (χ0) is 11.8. The van der Waals surface area contributed by atoms with E-state index < -0.39 is 0 Å². The molecule has 0 atom stereocenters. The Morgan fingerprint density at radius 3 is 2.75 bits per heavy atom. The van der Waals surface area contributed by atoms with Crippen LogP contribution in [0.25, 0.3) is 0 Å². The zero-order valence-electron chi connectivity index (χ0n) is 10.1. The first-order valence-electron chi connectivity index (χ1n) is 5.25. The molecule has 0 radical (unpaired) electrons. The Hall–Kier alpha value is -1.55. The topological polar surface area (TPSA) is 45.7 Å². The lowest BCUT2D eigenvalue weighted by molar-refractivity contribution is 0.185. The Kier molecular flexibility index (Phi) is 5.36. The van der Waals surface area contributed by atoms with E-state index in [0.717, 1.165) is 12.5 Å². The van der Waals surface area contributed by atoms with Gasteiger partial charge in [0.15, 0.2) is 5.96 Å². The van der Waals surface area contributed by atoms with Gasteiger partial charge in [0.1, 0.15) is 0 Å². The third kappa shape index (κ3) is 3.90. The number of guanidine groups is 1. The Balaban J connectivity index is 2.56. The molecule has 0 saturated heterocycles. The summed E-state index contributed by atoms with van der Waals surface area (Å²) in [5.74, 6) is 0.789. The molecule has 4 nitrogen and oxygen atoms in total. The molecule has 1 aromatic rings. The van der Waals surface area contributed by atoms with Gasteiger partial charge < -0.3 is 15.4 Å². The number of methoxy groups -OCH3 is 1. The summed E-state index contributed by atoms with van der Waals surface area (Å²) in [6.07, 6.45) is 0. The molecule has 2 N–H and O–H groups in total. The molecule has 4 heteroatoms. The molecule has 0 aromatic heterocycles. The van der Waals surface area contributed by atoms with Gasteiger partial charge in [-0.2, -0.15) is 0 Å². The minimum atomic E-state index is 0.647. The maximum Gasteiger partial charge on any atom is 0.190 e. The number of aliphatic imine (C=N–C) groups is 1. The summed E-state index contributed by atoms with van der Waals surface area (Å²) in [5.41, 5.74) is 2.40. The fraction of sp³-hybridized carbons (Fsp3) is 0.417. The highest BCUT2D eigenvalue weighted by molar-refractivity contribution is 5.79. The van der Waals surface area contributed by atoms with Crippen molar-refractivity contribution >= 4 is 5.96 Å². The number of benzene rings is 1. The minimum absolute atomic E-state index is 0.647. The Bertz CT molecular complexity index is 350. The van der Waals surface area contributed by atoms with Crippen LogP contribution in [0.5, 0.6) is 0 Å².